The predicted molar refractivity (Wildman–Crippen MR) is 97.5 cm³/mol. The van der Waals surface area contributed by atoms with Crippen molar-refractivity contribution in [3.63, 3.8) is 0 Å². The van der Waals surface area contributed by atoms with Gasteiger partial charge in [-0.3, -0.25) is 14.5 Å². The molecule has 1 aliphatic carbocycles. The van der Waals surface area contributed by atoms with Gasteiger partial charge in [0.05, 0.1) is 0 Å². The van der Waals surface area contributed by atoms with Crippen LogP contribution in [0.15, 0.2) is 27.4 Å². The molecule has 2 amide bonds. The first-order valence-electron chi connectivity index (χ1n) is 8.99. The number of carbonyl (C=O) groups is 2. The van der Waals surface area contributed by atoms with Crippen molar-refractivity contribution in [1.82, 2.24) is 20.3 Å². The zero-order chi connectivity index (χ0) is 17.9. The van der Waals surface area contributed by atoms with Crippen molar-refractivity contribution in [2.24, 2.45) is 0 Å². The minimum absolute atomic E-state index is 0.0300. The molecule has 1 saturated carbocycles. The number of nitrogens with zero attached hydrogens (tertiary/aromatic N) is 3. The molecule has 8 heteroatoms. The normalized spacial score (nSPS) is 18.1. The lowest BCUT2D eigenvalue weighted by molar-refractivity contribution is 0.0628. The van der Waals surface area contributed by atoms with E-state index >= 15 is 0 Å². The van der Waals surface area contributed by atoms with Crippen molar-refractivity contribution in [2.75, 3.05) is 39.3 Å². The molecule has 0 bridgehead atoms. The third kappa shape index (κ3) is 3.96. The Morgan fingerprint density at radius 1 is 1.27 bits per heavy atom. The number of piperazine rings is 1. The lowest BCUT2D eigenvalue weighted by Gasteiger charge is -2.34. The monoisotopic (exact) mass is 374 g/mol. The number of rotatable bonds is 6. The van der Waals surface area contributed by atoms with Crippen LogP contribution in [0.25, 0.3) is 0 Å². The van der Waals surface area contributed by atoms with Crippen molar-refractivity contribution in [3.8, 4) is 0 Å². The molecule has 2 aliphatic rings. The van der Waals surface area contributed by atoms with Crippen molar-refractivity contribution in [3.05, 3.63) is 39.9 Å². The van der Waals surface area contributed by atoms with Gasteiger partial charge < -0.3 is 14.7 Å². The summed E-state index contributed by atoms with van der Waals surface area (Å²) in [5.74, 6) is 1.22. The molecule has 0 radical (unpaired) electrons. The van der Waals surface area contributed by atoms with Gasteiger partial charge in [0.2, 0.25) is 0 Å². The number of thiophene rings is 1. The summed E-state index contributed by atoms with van der Waals surface area (Å²) in [6.45, 7) is 4.33. The molecule has 2 aromatic rings. The molecule has 4 rings (SSSR count). The zero-order valence-corrected chi connectivity index (χ0v) is 15.3. The maximum Gasteiger partial charge on any atom is 0.276 e. The highest BCUT2D eigenvalue weighted by Gasteiger charge is 2.30. The van der Waals surface area contributed by atoms with Crippen LogP contribution in [-0.4, -0.2) is 66.0 Å². The molecular weight excluding hydrogens is 352 g/mol. The highest BCUT2D eigenvalue weighted by Crippen LogP contribution is 2.40. The SMILES string of the molecule is O=C(NCCN1CCN(C(=O)c2cc(C3CC3)on2)CC1)c1ccsc1. The minimum Gasteiger partial charge on any atom is -0.360 e. The lowest BCUT2D eigenvalue weighted by Crippen LogP contribution is -2.50. The molecule has 1 N–H and O–H groups in total. The molecule has 2 aromatic heterocycles. The first kappa shape index (κ1) is 17.2. The van der Waals surface area contributed by atoms with E-state index in [1.807, 2.05) is 21.7 Å². The van der Waals surface area contributed by atoms with Crippen LogP contribution in [0.3, 0.4) is 0 Å². The summed E-state index contributed by atoms with van der Waals surface area (Å²) in [4.78, 5) is 28.5. The number of aromatic nitrogens is 1. The summed E-state index contributed by atoms with van der Waals surface area (Å²) in [5.41, 5.74) is 1.13. The standard InChI is InChI=1S/C18H22N4O3S/c23-17(14-3-10-26-12-14)19-4-5-21-6-8-22(9-7-21)18(24)15-11-16(25-20-15)13-1-2-13/h3,10-13H,1-2,4-9H2,(H,19,23). The summed E-state index contributed by atoms with van der Waals surface area (Å²) in [6.07, 6.45) is 2.26. The first-order chi connectivity index (χ1) is 12.7. The van der Waals surface area contributed by atoms with E-state index in [0.29, 0.717) is 36.8 Å². The molecule has 138 valence electrons. The van der Waals surface area contributed by atoms with Gasteiger partial charge in [-0.15, -0.1) is 0 Å². The molecule has 0 unspecified atom stereocenters. The highest BCUT2D eigenvalue weighted by atomic mass is 32.1. The van der Waals surface area contributed by atoms with Crippen LogP contribution >= 0.6 is 11.3 Å². The molecule has 26 heavy (non-hydrogen) atoms. The maximum absolute atomic E-state index is 12.5. The smallest absolute Gasteiger partial charge is 0.276 e. The van der Waals surface area contributed by atoms with Gasteiger partial charge in [-0.1, -0.05) is 5.16 Å². The average molecular weight is 374 g/mol. The minimum atomic E-state index is -0.0499. The summed E-state index contributed by atoms with van der Waals surface area (Å²) < 4.78 is 5.28. The lowest BCUT2D eigenvalue weighted by atomic mass is 10.2. The summed E-state index contributed by atoms with van der Waals surface area (Å²) >= 11 is 1.52. The second-order valence-corrected chi connectivity index (χ2v) is 7.57. The van der Waals surface area contributed by atoms with Crippen molar-refractivity contribution < 1.29 is 14.1 Å². The van der Waals surface area contributed by atoms with E-state index in [4.69, 9.17) is 4.52 Å². The number of amides is 2. The third-order valence-corrected chi connectivity index (χ3v) is 5.57. The predicted octanol–water partition coefficient (Wildman–Crippen LogP) is 1.80. The molecule has 3 heterocycles. The van der Waals surface area contributed by atoms with E-state index in [2.05, 4.69) is 15.4 Å². The van der Waals surface area contributed by atoms with Gasteiger partial charge in [0.1, 0.15) is 5.76 Å². The Labute approximate surface area is 155 Å². The second kappa shape index (κ2) is 7.59. The van der Waals surface area contributed by atoms with E-state index < -0.39 is 0 Å². The van der Waals surface area contributed by atoms with E-state index in [9.17, 15) is 9.59 Å². The zero-order valence-electron chi connectivity index (χ0n) is 14.5. The van der Waals surface area contributed by atoms with Gasteiger partial charge in [0.25, 0.3) is 11.8 Å². The fourth-order valence-electron chi connectivity index (χ4n) is 3.11. The molecular formula is C18H22N4O3S. The molecule has 1 saturated heterocycles. The Morgan fingerprint density at radius 2 is 2.08 bits per heavy atom. The average Bonchev–Trinajstić information content (AvgIpc) is 3.16. The van der Waals surface area contributed by atoms with Crippen LogP contribution in [0, 0.1) is 0 Å². The fourth-order valence-corrected chi connectivity index (χ4v) is 3.75. The van der Waals surface area contributed by atoms with Crippen LogP contribution in [0.1, 0.15) is 45.4 Å². The van der Waals surface area contributed by atoms with E-state index in [1.54, 1.807) is 6.07 Å². The van der Waals surface area contributed by atoms with Gasteiger partial charge in [-0.05, 0) is 24.3 Å². The molecule has 1 aliphatic heterocycles. The van der Waals surface area contributed by atoms with Gasteiger partial charge in [0, 0.05) is 62.2 Å². The fraction of sp³-hybridized carbons (Fsp3) is 0.500. The quantitative estimate of drug-likeness (QED) is 0.834. The summed E-state index contributed by atoms with van der Waals surface area (Å²) in [6, 6.07) is 3.62. The number of carbonyl (C=O) groups excluding carboxylic acids is 2. The maximum atomic E-state index is 12.5. The molecule has 7 nitrogen and oxygen atoms in total. The Kier molecular flexibility index (Phi) is 5.03. The van der Waals surface area contributed by atoms with Crippen molar-refractivity contribution in [2.45, 2.75) is 18.8 Å². The first-order valence-corrected chi connectivity index (χ1v) is 9.93. The Balaban J connectivity index is 1.19. The third-order valence-electron chi connectivity index (χ3n) is 4.88. The number of hydrogen-bond acceptors (Lipinski definition) is 6. The summed E-state index contributed by atoms with van der Waals surface area (Å²) in [7, 11) is 0. The Morgan fingerprint density at radius 3 is 2.77 bits per heavy atom. The van der Waals surface area contributed by atoms with Gasteiger partial charge in [-0.2, -0.15) is 11.3 Å². The van der Waals surface area contributed by atoms with Gasteiger partial charge in [0.15, 0.2) is 5.69 Å². The topological polar surface area (TPSA) is 78.7 Å². The van der Waals surface area contributed by atoms with E-state index in [0.717, 1.165) is 38.2 Å². The van der Waals surface area contributed by atoms with E-state index in [-0.39, 0.29) is 11.8 Å². The van der Waals surface area contributed by atoms with Gasteiger partial charge >= 0.3 is 0 Å². The van der Waals surface area contributed by atoms with Crippen LogP contribution in [0.2, 0.25) is 0 Å². The van der Waals surface area contributed by atoms with Crippen molar-refractivity contribution in [1.29, 1.82) is 0 Å². The van der Waals surface area contributed by atoms with E-state index in [1.165, 1.54) is 11.3 Å². The molecule has 0 atom stereocenters. The van der Waals surface area contributed by atoms with Crippen LogP contribution in [0.4, 0.5) is 0 Å². The Hall–Kier alpha value is -2.19. The van der Waals surface area contributed by atoms with Crippen LogP contribution < -0.4 is 5.32 Å². The molecule has 0 spiro atoms. The van der Waals surface area contributed by atoms with Crippen LogP contribution in [0.5, 0.6) is 0 Å². The van der Waals surface area contributed by atoms with Crippen molar-refractivity contribution >= 4 is 23.2 Å². The Bertz CT molecular complexity index is 761. The molecule has 2 fully saturated rings. The van der Waals surface area contributed by atoms with Gasteiger partial charge in [-0.25, -0.2) is 0 Å². The molecule has 0 aromatic carbocycles. The second-order valence-electron chi connectivity index (χ2n) is 6.79. The number of nitrogens with one attached hydrogen (secondary N) is 1. The number of hydrogen-bond donors (Lipinski definition) is 1. The van der Waals surface area contributed by atoms with Crippen LogP contribution in [-0.2, 0) is 0 Å². The largest absolute Gasteiger partial charge is 0.360 e. The highest BCUT2D eigenvalue weighted by molar-refractivity contribution is 7.08. The summed E-state index contributed by atoms with van der Waals surface area (Å²) in [5, 5.41) is 10.6.